The van der Waals surface area contributed by atoms with Gasteiger partial charge in [-0.3, -0.25) is 0 Å². The highest BCUT2D eigenvalue weighted by atomic mass is 16.7. The first-order valence-electron chi connectivity index (χ1n) is 11.6. The summed E-state index contributed by atoms with van der Waals surface area (Å²) in [7, 11) is 3.37. The first kappa shape index (κ1) is 23.4. The van der Waals surface area contributed by atoms with E-state index in [2.05, 4.69) is 56.8 Å². The molecule has 0 aliphatic carbocycles. The van der Waals surface area contributed by atoms with Crippen LogP contribution in [-0.2, 0) is 9.47 Å². The molecule has 0 amide bonds. The molecule has 2 aromatic rings. The summed E-state index contributed by atoms with van der Waals surface area (Å²) >= 11 is 0. The van der Waals surface area contributed by atoms with Crippen LogP contribution in [0.2, 0.25) is 0 Å². The van der Waals surface area contributed by atoms with E-state index in [0.717, 1.165) is 40.2 Å². The minimum atomic E-state index is -0.605. The van der Waals surface area contributed by atoms with E-state index < -0.39 is 5.79 Å². The van der Waals surface area contributed by atoms with Crippen molar-refractivity contribution in [1.29, 1.82) is 0 Å². The van der Waals surface area contributed by atoms with Crippen molar-refractivity contribution in [3.05, 3.63) is 66.3 Å². The van der Waals surface area contributed by atoms with Crippen LogP contribution in [0.4, 0.5) is 0 Å². The normalized spacial score (nSPS) is 22.1. The van der Waals surface area contributed by atoms with Crippen molar-refractivity contribution in [3.63, 3.8) is 0 Å². The van der Waals surface area contributed by atoms with E-state index in [1.54, 1.807) is 14.2 Å². The number of allylic oxidation sites excluding steroid dienone is 3. The van der Waals surface area contributed by atoms with Gasteiger partial charge in [0.05, 0.1) is 11.6 Å². The van der Waals surface area contributed by atoms with Crippen molar-refractivity contribution in [2.75, 3.05) is 14.2 Å². The van der Waals surface area contributed by atoms with Gasteiger partial charge in [-0.2, -0.15) is 0 Å². The predicted octanol–water partition coefficient (Wildman–Crippen LogP) is 6.30. The van der Waals surface area contributed by atoms with Crippen LogP contribution >= 0.6 is 0 Å². The summed E-state index contributed by atoms with van der Waals surface area (Å²) in [5, 5.41) is 2.35. The molecule has 2 aromatic carbocycles. The van der Waals surface area contributed by atoms with Gasteiger partial charge in [-0.15, -0.1) is 0 Å². The molecule has 2 aliphatic heterocycles. The second kappa shape index (κ2) is 9.24. The third kappa shape index (κ3) is 4.53. The maximum absolute atomic E-state index is 6.30. The molecule has 33 heavy (non-hydrogen) atoms. The minimum absolute atomic E-state index is 0.0525. The molecule has 0 radical (unpaired) electrons. The zero-order chi connectivity index (χ0) is 23.8. The Morgan fingerprint density at radius 1 is 1.18 bits per heavy atom. The standard InChI is InChI=1S/C28H34N2O3/c1-8-20(13-17(2)18(3)16-28(5,31-6)32-7)26-25-23-14-21-11-9-10-12-22(21)15-24(23)33-27(25)30-19(4)29-26/h8-15,17-18,25,27H,1,16H2,2-7H3/t17?,18-,25?,27?/m0/s1. The zero-order valence-corrected chi connectivity index (χ0v) is 20.5. The molecule has 2 heterocycles. The average molecular weight is 447 g/mol. The van der Waals surface area contributed by atoms with Crippen LogP contribution in [0.15, 0.2) is 70.7 Å². The highest BCUT2D eigenvalue weighted by molar-refractivity contribution is 6.14. The number of methoxy groups -OCH3 is 2. The summed E-state index contributed by atoms with van der Waals surface area (Å²) in [4.78, 5) is 9.61. The number of hydrogen-bond acceptors (Lipinski definition) is 5. The molecule has 4 rings (SSSR count). The van der Waals surface area contributed by atoms with Gasteiger partial charge in [0, 0.05) is 26.2 Å². The van der Waals surface area contributed by atoms with E-state index in [1.165, 1.54) is 5.39 Å². The molecule has 0 saturated carbocycles. The lowest BCUT2D eigenvalue weighted by Crippen LogP contribution is -2.33. The topological polar surface area (TPSA) is 52.4 Å². The van der Waals surface area contributed by atoms with E-state index in [1.807, 2.05) is 26.0 Å². The molecular formula is C28H34N2O3. The van der Waals surface area contributed by atoms with Crippen molar-refractivity contribution in [2.24, 2.45) is 21.8 Å². The van der Waals surface area contributed by atoms with Crippen molar-refractivity contribution in [2.45, 2.75) is 52.0 Å². The Kier molecular flexibility index (Phi) is 6.55. The molecule has 4 atom stereocenters. The maximum Gasteiger partial charge on any atom is 0.204 e. The largest absolute Gasteiger partial charge is 0.467 e. The van der Waals surface area contributed by atoms with Gasteiger partial charge in [-0.1, -0.05) is 56.8 Å². The highest BCUT2D eigenvalue weighted by Crippen LogP contribution is 2.45. The number of fused-ring (bicyclic) bond motifs is 4. The van der Waals surface area contributed by atoms with Gasteiger partial charge >= 0.3 is 0 Å². The lowest BCUT2D eigenvalue weighted by molar-refractivity contribution is -0.204. The molecule has 0 aromatic heterocycles. The molecule has 174 valence electrons. The fourth-order valence-electron chi connectivity index (χ4n) is 4.74. The summed E-state index contributed by atoms with van der Waals surface area (Å²) in [5.74, 6) is 1.55. The van der Waals surface area contributed by atoms with E-state index >= 15 is 0 Å². The Labute approximate surface area is 196 Å². The Hall–Kier alpha value is -2.76. The Balaban J connectivity index is 1.69. The van der Waals surface area contributed by atoms with Gasteiger partial charge in [-0.25, -0.2) is 9.98 Å². The van der Waals surface area contributed by atoms with Crippen LogP contribution < -0.4 is 4.74 Å². The van der Waals surface area contributed by atoms with E-state index in [0.29, 0.717) is 5.92 Å². The SMILES string of the molecule is C=CC(=CC(C)[C@@H](C)CC(C)(OC)OC)C1=NC(C)=NC2Oc3cc4ccccc4cc3C12. The Bertz CT molecular complexity index is 1140. The Morgan fingerprint density at radius 3 is 2.48 bits per heavy atom. The van der Waals surface area contributed by atoms with Gasteiger partial charge in [-0.05, 0) is 54.2 Å². The highest BCUT2D eigenvalue weighted by Gasteiger charge is 2.41. The van der Waals surface area contributed by atoms with Crippen LogP contribution in [0.3, 0.4) is 0 Å². The maximum atomic E-state index is 6.30. The quantitative estimate of drug-likeness (QED) is 0.353. The lowest BCUT2D eigenvalue weighted by atomic mass is 9.83. The van der Waals surface area contributed by atoms with Gasteiger partial charge in [0.25, 0.3) is 0 Å². The van der Waals surface area contributed by atoms with Gasteiger partial charge in [0.15, 0.2) is 5.79 Å². The number of ether oxygens (including phenoxy) is 3. The molecule has 0 N–H and O–H groups in total. The number of benzene rings is 2. The summed E-state index contributed by atoms with van der Waals surface area (Å²) in [6.07, 6.45) is 4.64. The van der Waals surface area contributed by atoms with E-state index in [4.69, 9.17) is 24.2 Å². The predicted molar refractivity (Wildman–Crippen MR) is 135 cm³/mol. The third-order valence-corrected chi connectivity index (χ3v) is 7.05. The fraction of sp³-hybridized carbons (Fsp3) is 0.429. The number of hydrogen-bond donors (Lipinski definition) is 0. The van der Waals surface area contributed by atoms with Crippen molar-refractivity contribution >= 4 is 22.3 Å². The number of aliphatic imine (C=N–C) groups is 2. The number of rotatable bonds is 8. The van der Waals surface area contributed by atoms with Crippen molar-refractivity contribution in [1.82, 2.24) is 0 Å². The van der Waals surface area contributed by atoms with E-state index in [9.17, 15) is 0 Å². The smallest absolute Gasteiger partial charge is 0.204 e. The monoisotopic (exact) mass is 446 g/mol. The van der Waals surface area contributed by atoms with Crippen LogP contribution in [0, 0.1) is 11.8 Å². The molecular weight excluding hydrogens is 412 g/mol. The van der Waals surface area contributed by atoms with Crippen LogP contribution in [-0.4, -0.2) is 37.8 Å². The lowest BCUT2D eigenvalue weighted by Gasteiger charge is -2.31. The number of amidine groups is 1. The zero-order valence-electron chi connectivity index (χ0n) is 20.5. The van der Waals surface area contributed by atoms with Gasteiger partial charge < -0.3 is 14.2 Å². The molecule has 0 spiro atoms. The molecule has 3 unspecified atom stereocenters. The summed E-state index contributed by atoms with van der Waals surface area (Å²) in [6.45, 7) is 12.5. The fourth-order valence-corrected chi connectivity index (χ4v) is 4.74. The average Bonchev–Trinajstić information content (AvgIpc) is 3.16. The summed E-state index contributed by atoms with van der Waals surface area (Å²) < 4.78 is 17.5. The third-order valence-electron chi connectivity index (χ3n) is 7.05. The molecule has 0 saturated heterocycles. The number of nitrogens with zero attached hydrogens (tertiary/aromatic N) is 2. The molecule has 5 heteroatoms. The molecule has 0 bridgehead atoms. The second-order valence-corrected chi connectivity index (χ2v) is 9.31. The second-order valence-electron chi connectivity index (χ2n) is 9.31. The van der Waals surface area contributed by atoms with Crippen LogP contribution in [0.25, 0.3) is 10.8 Å². The molecule has 0 fully saturated rings. The van der Waals surface area contributed by atoms with Gasteiger partial charge in [0.2, 0.25) is 6.23 Å². The Morgan fingerprint density at radius 2 is 1.85 bits per heavy atom. The summed E-state index contributed by atoms with van der Waals surface area (Å²) in [6, 6.07) is 12.7. The molecule has 2 aliphatic rings. The first-order chi connectivity index (χ1) is 15.8. The summed E-state index contributed by atoms with van der Waals surface area (Å²) in [5.41, 5.74) is 3.13. The van der Waals surface area contributed by atoms with Crippen LogP contribution in [0.5, 0.6) is 5.75 Å². The molecule has 5 nitrogen and oxygen atoms in total. The van der Waals surface area contributed by atoms with Crippen molar-refractivity contribution < 1.29 is 14.2 Å². The van der Waals surface area contributed by atoms with Crippen LogP contribution in [0.1, 0.15) is 45.6 Å². The first-order valence-corrected chi connectivity index (χ1v) is 11.6. The van der Waals surface area contributed by atoms with E-state index in [-0.39, 0.29) is 18.1 Å². The van der Waals surface area contributed by atoms with Crippen molar-refractivity contribution in [3.8, 4) is 5.75 Å². The minimum Gasteiger partial charge on any atom is -0.467 e. The van der Waals surface area contributed by atoms with Gasteiger partial charge in [0.1, 0.15) is 11.6 Å².